The first-order chi connectivity index (χ1) is 13.5. The molecule has 0 saturated heterocycles. The molecule has 8 nitrogen and oxygen atoms in total. The largest absolute Gasteiger partial charge is 0.384 e. The molecule has 0 unspecified atom stereocenters. The molecule has 0 atom stereocenters. The average molecular weight is 377 g/mol. The van der Waals surface area contributed by atoms with Crippen molar-refractivity contribution >= 4 is 28.7 Å². The van der Waals surface area contributed by atoms with Crippen LogP contribution in [0.25, 0.3) is 16.7 Å². The molecule has 2 aliphatic rings. The van der Waals surface area contributed by atoms with Gasteiger partial charge in [-0.15, -0.1) is 0 Å². The van der Waals surface area contributed by atoms with Crippen LogP contribution in [-0.4, -0.2) is 25.9 Å². The van der Waals surface area contributed by atoms with Gasteiger partial charge in [-0.25, -0.2) is 4.98 Å². The highest BCUT2D eigenvalue weighted by molar-refractivity contribution is 6.23. The number of rotatable bonds is 2. The molecule has 142 valence electrons. The molecule has 3 N–H and O–H groups in total. The maximum absolute atomic E-state index is 12.6. The second-order valence-corrected chi connectivity index (χ2v) is 7.39. The molecule has 2 amide bonds. The van der Waals surface area contributed by atoms with Crippen LogP contribution >= 0.6 is 0 Å². The van der Waals surface area contributed by atoms with Crippen molar-refractivity contribution in [2.24, 2.45) is 0 Å². The zero-order valence-corrected chi connectivity index (χ0v) is 15.1. The van der Waals surface area contributed by atoms with Crippen molar-refractivity contribution in [2.45, 2.75) is 38.1 Å². The number of fused-ring (bicyclic) bond motifs is 2. The zero-order chi connectivity index (χ0) is 19.4. The number of nitrogen functional groups attached to an aromatic ring is 1. The van der Waals surface area contributed by atoms with Crippen LogP contribution in [0.5, 0.6) is 0 Å². The third kappa shape index (κ3) is 2.37. The number of carbonyl (C=O) groups is 2. The number of amides is 2. The van der Waals surface area contributed by atoms with E-state index in [9.17, 15) is 14.4 Å². The maximum atomic E-state index is 12.6. The summed E-state index contributed by atoms with van der Waals surface area (Å²) in [6, 6.07) is 7.11. The molecule has 1 aliphatic carbocycles. The fourth-order valence-corrected chi connectivity index (χ4v) is 4.36. The molecule has 28 heavy (non-hydrogen) atoms. The SMILES string of the molecule is Nc1c2c(cc(=O)n1-c1ccc3c(c1)ncn3C1CCCCC1)C(=O)NC2=O. The smallest absolute Gasteiger partial charge is 0.262 e. The number of pyridine rings is 1. The van der Waals surface area contributed by atoms with Gasteiger partial charge in [-0.2, -0.15) is 0 Å². The van der Waals surface area contributed by atoms with E-state index in [1.54, 1.807) is 12.1 Å². The van der Waals surface area contributed by atoms with Crippen LogP contribution in [0.15, 0.2) is 35.4 Å². The van der Waals surface area contributed by atoms with Crippen molar-refractivity contribution in [1.29, 1.82) is 0 Å². The van der Waals surface area contributed by atoms with Crippen LogP contribution in [0.3, 0.4) is 0 Å². The monoisotopic (exact) mass is 377 g/mol. The summed E-state index contributed by atoms with van der Waals surface area (Å²) < 4.78 is 3.45. The van der Waals surface area contributed by atoms with Crippen LogP contribution < -0.4 is 16.6 Å². The van der Waals surface area contributed by atoms with Crippen molar-refractivity contribution in [3.8, 4) is 5.69 Å². The molecular formula is C20H19N5O3. The van der Waals surface area contributed by atoms with Crippen LogP contribution in [0.2, 0.25) is 0 Å². The molecule has 0 radical (unpaired) electrons. The number of hydrogen-bond donors (Lipinski definition) is 2. The van der Waals surface area contributed by atoms with Gasteiger partial charge in [-0.1, -0.05) is 19.3 Å². The van der Waals surface area contributed by atoms with Crippen LogP contribution in [-0.2, 0) is 0 Å². The number of aromatic nitrogens is 3. The fraction of sp³-hybridized carbons (Fsp3) is 0.300. The summed E-state index contributed by atoms with van der Waals surface area (Å²) in [5, 5.41) is 2.17. The second kappa shape index (κ2) is 6.05. The predicted octanol–water partition coefficient (Wildman–Crippen LogP) is 2.16. The van der Waals surface area contributed by atoms with Gasteiger partial charge >= 0.3 is 0 Å². The lowest BCUT2D eigenvalue weighted by Gasteiger charge is -2.23. The summed E-state index contributed by atoms with van der Waals surface area (Å²) in [6.07, 6.45) is 7.88. The lowest BCUT2D eigenvalue weighted by Crippen LogP contribution is -2.24. The zero-order valence-electron chi connectivity index (χ0n) is 15.1. The number of carbonyl (C=O) groups excluding carboxylic acids is 2. The normalized spacial score (nSPS) is 17.1. The molecule has 5 rings (SSSR count). The van der Waals surface area contributed by atoms with Crippen LogP contribution in [0.1, 0.15) is 58.9 Å². The van der Waals surface area contributed by atoms with Gasteiger partial charge in [0.15, 0.2) is 0 Å². The first-order valence-corrected chi connectivity index (χ1v) is 9.43. The summed E-state index contributed by atoms with van der Waals surface area (Å²) in [7, 11) is 0. The van der Waals surface area contributed by atoms with E-state index in [4.69, 9.17) is 5.73 Å². The van der Waals surface area contributed by atoms with Gasteiger partial charge in [0.1, 0.15) is 5.82 Å². The van der Waals surface area contributed by atoms with E-state index in [-0.39, 0.29) is 16.9 Å². The highest BCUT2D eigenvalue weighted by Gasteiger charge is 2.32. The lowest BCUT2D eigenvalue weighted by atomic mass is 9.95. The number of imide groups is 1. The maximum Gasteiger partial charge on any atom is 0.262 e. The number of imidazole rings is 1. The van der Waals surface area contributed by atoms with E-state index in [1.165, 1.54) is 23.8 Å². The number of hydrogen-bond acceptors (Lipinski definition) is 5. The molecule has 0 spiro atoms. The molecule has 1 aromatic carbocycles. The number of nitrogens with two attached hydrogens (primary N) is 1. The van der Waals surface area contributed by atoms with Gasteiger partial charge in [-0.3, -0.25) is 24.3 Å². The minimum absolute atomic E-state index is 0.0198. The van der Waals surface area contributed by atoms with Crippen molar-refractivity contribution in [3.63, 3.8) is 0 Å². The summed E-state index contributed by atoms with van der Waals surface area (Å²) in [4.78, 5) is 41.0. The first-order valence-electron chi connectivity index (χ1n) is 9.43. The van der Waals surface area contributed by atoms with E-state index in [2.05, 4.69) is 14.9 Å². The standard InChI is InChI=1S/C20H19N5O3/c21-18-17-13(19(27)23-20(17)28)9-16(26)25(18)12-6-7-15-14(8-12)22-10-24(15)11-4-2-1-3-5-11/h6-11H,1-5,21H2,(H,23,27,28). The van der Waals surface area contributed by atoms with Crippen molar-refractivity contribution in [2.75, 3.05) is 5.73 Å². The van der Waals surface area contributed by atoms with Crippen molar-refractivity contribution < 1.29 is 9.59 Å². The molecule has 3 aromatic rings. The number of anilines is 1. The second-order valence-electron chi connectivity index (χ2n) is 7.39. The Kier molecular flexibility index (Phi) is 3.61. The van der Waals surface area contributed by atoms with Gasteiger partial charge < -0.3 is 10.3 Å². The number of nitrogens with zero attached hydrogens (tertiary/aromatic N) is 3. The van der Waals surface area contributed by atoms with Crippen LogP contribution in [0, 0.1) is 0 Å². The topological polar surface area (TPSA) is 112 Å². The minimum atomic E-state index is -0.599. The quantitative estimate of drug-likeness (QED) is 0.665. The Bertz CT molecular complexity index is 1200. The molecule has 1 saturated carbocycles. The molecular weight excluding hydrogens is 358 g/mol. The third-order valence-corrected chi connectivity index (χ3v) is 5.74. The highest BCUT2D eigenvalue weighted by Crippen LogP contribution is 2.31. The van der Waals surface area contributed by atoms with E-state index < -0.39 is 17.4 Å². The molecule has 2 aromatic heterocycles. The molecule has 3 heterocycles. The molecule has 0 bridgehead atoms. The average Bonchev–Trinajstić information content (AvgIpc) is 3.23. The number of benzene rings is 1. The van der Waals surface area contributed by atoms with E-state index >= 15 is 0 Å². The summed E-state index contributed by atoms with van der Waals surface area (Å²) >= 11 is 0. The molecule has 1 fully saturated rings. The van der Waals surface area contributed by atoms with Gasteiger partial charge in [0.2, 0.25) is 0 Å². The van der Waals surface area contributed by atoms with Gasteiger partial charge in [-0.05, 0) is 31.0 Å². The third-order valence-electron chi connectivity index (χ3n) is 5.74. The Labute approximate surface area is 160 Å². The van der Waals surface area contributed by atoms with Gasteiger partial charge in [0.25, 0.3) is 17.4 Å². The molecule has 1 aliphatic heterocycles. The minimum Gasteiger partial charge on any atom is -0.384 e. The Balaban J connectivity index is 1.63. The Morgan fingerprint density at radius 1 is 1.04 bits per heavy atom. The van der Waals surface area contributed by atoms with E-state index in [1.807, 2.05) is 12.4 Å². The fourth-order valence-electron chi connectivity index (χ4n) is 4.36. The van der Waals surface area contributed by atoms with Gasteiger partial charge in [0, 0.05) is 12.1 Å². The van der Waals surface area contributed by atoms with Crippen LogP contribution in [0.4, 0.5) is 5.82 Å². The van der Waals surface area contributed by atoms with Crippen molar-refractivity contribution in [1.82, 2.24) is 19.4 Å². The van der Waals surface area contributed by atoms with Gasteiger partial charge in [0.05, 0.1) is 34.2 Å². The predicted molar refractivity (Wildman–Crippen MR) is 104 cm³/mol. The Hall–Kier alpha value is -3.42. The Morgan fingerprint density at radius 2 is 1.82 bits per heavy atom. The van der Waals surface area contributed by atoms with E-state index in [0.717, 1.165) is 29.9 Å². The summed E-state index contributed by atoms with van der Waals surface area (Å²) in [6.45, 7) is 0. The Morgan fingerprint density at radius 3 is 2.61 bits per heavy atom. The first kappa shape index (κ1) is 16.7. The summed E-state index contributed by atoms with van der Waals surface area (Å²) in [5.74, 6) is -1.23. The van der Waals surface area contributed by atoms with E-state index in [0.29, 0.717) is 11.7 Å². The van der Waals surface area contributed by atoms with Crippen molar-refractivity contribution in [3.05, 3.63) is 52.1 Å². The lowest BCUT2D eigenvalue weighted by molar-refractivity contribution is 0.0880. The summed E-state index contributed by atoms with van der Waals surface area (Å²) in [5.41, 5.74) is 7.99. The number of nitrogens with one attached hydrogen (secondary N) is 1. The highest BCUT2D eigenvalue weighted by atomic mass is 16.2. The molecule has 8 heteroatoms.